The predicted molar refractivity (Wildman–Crippen MR) is 99.3 cm³/mol. The summed E-state index contributed by atoms with van der Waals surface area (Å²) in [6.07, 6.45) is 0. The summed E-state index contributed by atoms with van der Waals surface area (Å²) in [5, 5.41) is 11.7. The first kappa shape index (κ1) is 20.1. The van der Waals surface area contributed by atoms with Crippen LogP contribution in [0.3, 0.4) is 0 Å². The Kier molecular flexibility index (Phi) is 6.90. The summed E-state index contributed by atoms with van der Waals surface area (Å²) in [4.78, 5) is 37.5. The Labute approximate surface area is 157 Å². The summed E-state index contributed by atoms with van der Waals surface area (Å²) in [6.45, 7) is 5.52. The number of hydrogen-bond acceptors (Lipinski definition) is 5. The highest BCUT2D eigenvalue weighted by Crippen LogP contribution is 2.25. The largest absolute Gasteiger partial charge is 0.482 e. The van der Waals surface area contributed by atoms with Gasteiger partial charge in [-0.1, -0.05) is 19.9 Å². The SMILES string of the molecule is CC(C)C(C)NC(=O)C1CSCN1C(=O)c1cccc(OCC(=O)O)c1. The summed E-state index contributed by atoms with van der Waals surface area (Å²) >= 11 is 1.53. The Morgan fingerprint density at radius 1 is 1.35 bits per heavy atom. The van der Waals surface area contributed by atoms with Crippen molar-refractivity contribution in [2.75, 3.05) is 18.2 Å². The third-order valence-electron chi connectivity index (χ3n) is 4.26. The highest BCUT2D eigenvalue weighted by atomic mass is 32.2. The fraction of sp³-hybridized carbons (Fsp3) is 0.500. The maximum Gasteiger partial charge on any atom is 0.341 e. The van der Waals surface area contributed by atoms with Gasteiger partial charge in [0.25, 0.3) is 5.91 Å². The van der Waals surface area contributed by atoms with Gasteiger partial charge in [0.15, 0.2) is 6.61 Å². The van der Waals surface area contributed by atoms with Crippen molar-refractivity contribution in [3.8, 4) is 5.75 Å². The Bertz CT molecular complexity index is 679. The third-order valence-corrected chi connectivity index (χ3v) is 5.27. The normalized spacial score (nSPS) is 17.8. The van der Waals surface area contributed by atoms with Gasteiger partial charge in [-0.25, -0.2) is 4.79 Å². The van der Waals surface area contributed by atoms with Gasteiger partial charge < -0.3 is 20.1 Å². The molecule has 0 aromatic heterocycles. The molecule has 7 nitrogen and oxygen atoms in total. The van der Waals surface area contributed by atoms with Crippen LogP contribution in [0.4, 0.5) is 0 Å². The van der Waals surface area contributed by atoms with Crippen LogP contribution in [0.25, 0.3) is 0 Å². The minimum atomic E-state index is -1.09. The number of carbonyl (C=O) groups is 3. The molecule has 2 N–H and O–H groups in total. The zero-order valence-corrected chi connectivity index (χ0v) is 15.9. The fourth-order valence-electron chi connectivity index (χ4n) is 2.38. The van der Waals surface area contributed by atoms with Gasteiger partial charge in [-0.05, 0) is 31.0 Å². The average molecular weight is 380 g/mol. The molecule has 26 heavy (non-hydrogen) atoms. The molecule has 1 saturated heterocycles. The molecule has 1 aliphatic heterocycles. The molecule has 1 aliphatic rings. The molecule has 1 fully saturated rings. The molecule has 1 aromatic rings. The molecular formula is C18H24N2O5S. The zero-order valence-electron chi connectivity index (χ0n) is 15.1. The van der Waals surface area contributed by atoms with Crippen molar-refractivity contribution in [1.82, 2.24) is 10.2 Å². The van der Waals surface area contributed by atoms with Crippen LogP contribution >= 0.6 is 11.8 Å². The lowest BCUT2D eigenvalue weighted by molar-refractivity contribution is -0.139. The van der Waals surface area contributed by atoms with E-state index in [1.54, 1.807) is 23.1 Å². The van der Waals surface area contributed by atoms with Crippen LogP contribution in [0.1, 0.15) is 31.1 Å². The van der Waals surface area contributed by atoms with Gasteiger partial charge in [-0.3, -0.25) is 9.59 Å². The Morgan fingerprint density at radius 3 is 2.73 bits per heavy atom. The Morgan fingerprint density at radius 2 is 2.08 bits per heavy atom. The fourth-order valence-corrected chi connectivity index (χ4v) is 3.53. The van der Waals surface area contributed by atoms with Crippen molar-refractivity contribution in [3.63, 3.8) is 0 Å². The van der Waals surface area contributed by atoms with Crippen molar-refractivity contribution in [2.24, 2.45) is 5.92 Å². The third kappa shape index (κ3) is 5.14. The lowest BCUT2D eigenvalue weighted by Gasteiger charge is -2.26. The van der Waals surface area contributed by atoms with E-state index in [-0.39, 0.29) is 17.9 Å². The Hall–Kier alpha value is -2.22. The number of carbonyl (C=O) groups excluding carboxylic acids is 2. The van der Waals surface area contributed by atoms with Gasteiger partial charge in [-0.2, -0.15) is 0 Å². The molecule has 0 bridgehead atoms. The number of amides is 2. The molecule has 1 heterocycles. The maximum absolute atomic E-state index is 12.8. The van der Waals surface area contributed by atoms with Gasteiger partial charge in [0.1, 0.15) is 11.8 Å². The molecule has 1 aromatic carbocycles. The molecular weight excluding hydrogens is 356 g/mol. The van der Waals surface area contributed by atoms with Crippen molar-refractivity contribution in [3.05, 3.63) is 29.8 Å². The minimum Gasteiger partial charge on any atom is -0.482 e. The second-order valence-electron chi connectivity index (χ2n) is 6.54. The van der Waals surface area contributed by atoms with Crippen molar-refractivity contribution in [1.29, 1.82) is 0 Å². The minimum absolute atomic E-state index is 0.0257. The molecule has 2 unspecified atom stereocenters. The lowest BCUT2D eigenvalue weighted by atomic mass is 10.1. The van der Waals surface area contributed by atoms with Gasteiger partial charge in [0, 0.05) is 17.4 Å². The van der Waals surface area contributed by atoms with Crippen LogP contribution in [-0.2, 0) is 9.59 Å². The van der Waals surface area contributed by atoms with E-state index in [9.17, 15) is 14.4 Å². The zero-order chi connectivity index (χ0) is 19.3. The van der Waals surface area contributed by atoms with Crippen molar-refractivity contribution in [2.45, 2.75) is 32.9 Å². The first-order chi connectivity index (χ1) is 12.3. The first-order valence-corrected chi connectivity index (χ1v) is 9.58. The number of aliphatic carboxylic acids is 1. The van der Waals surface area contributed by atoms with Gasteiger partial charge in [0.2, 0.25) is 5.91 Å². The molecule has 0 radical (unpaired) electrons. The van der Waals surface area contributed by atoms with Crippen LogP contribution in [0, 0.1) is 5.92 Å². The van der Waals surface area contributed by atoms with Crippen LogP contribution in [-0.4, -0.2) is 58.1 Å². The molecule has 8 heteroatoms. The van der Waals surface area contributed by atoms with E-state index in [4.69, 9.17) is 9.84 Å². The number of ether oxygens (including phenoxy) is 1. The van der Waals surface area contributed by atoms with E-state index in [0.29, 0.717) is 28.9 Å². The van der Waals surface area contributed by atoms with Gasteiger partial charge in [-0.15, -0.1) is 11.8 Å². The Balaban J connectivity index is 2.09. The van der Waals surface area contributed by atoms with Crippen molar-refractivity contribution >= 4 is 29.5 Å². The second kappa shape index (κ2) is 8.93. The van der Waals surface area contributed by atoms with Crippen LogP contribution < -0.4 is 10.1 Å². The number of nitrogens with one attached hydrogen (secondary N) is 1. The summed E-state index contributed by atoms with van der Waals surface area (Å²) in [5.74, 6) is 0.0921. The topological polar surface area (TPSA) is 95.9 Å². The van der Waals surface area contributed by atoms with E-state index < -0.39 is 18.6 Å². The van der Waals surface area contributed by atoms with Gasteiger partial charge >= 0.3 is 5.97 Å². The van der Waals surface area contributed by atoms with E-state index in [0.717, 1.165) is 0 Å². The molecule has 2 atom stereocenters. The summed E-state index contributed by atoms with van der Waals surface area (Å²) < 4.78 is 5.12. The molecule has 0 saturated carbocycles. The summed E-state index contributed by atoms with van der Waals surface area (Å²) in [6, 6.07) is 5.86. The molecule has 2 rings (SSSR count). The van der Waals surface area contributed by atoms with Crippen LogP contribution in [0.5, 0.6) is 5.75 Å². The highest BCUT2D eigenvalue weighted by Gasteiger charge is 2.35. The first-order valence-electron chi connectivity index (χ1n) is 8.43. The highest BCUT2D eigenvalue weighted by molar-refractivity contribution is 7.99. The van der Waals surface area contributed by atoms with E-state index in [1.165, 1.54) is 17.8 Å². The molecule has 142 valence electrons. The van der Waals surface area contributed by atoms with E-state index in [2.05, 4.69) is 5.32 Å². The maximum atomic E-state index is 12.8. The van der Waals surface area contributed by atoms with E-state index >= 15 is 0 Å². The molecule has 2 amide bonds. The number of carboxylic acid groups (broad SMARTS) is 1. The quantitative estimate of drug-likeness (QED) is 0.749. The summed E-state index contributed by atoms with van der Waals surface area (Å²) in [5.41, 5.74) is 0.366. The van der Waals surface area contributed by atoms with Gasteiger partial charge in [0.05, 0.1) is 5.88 Å². The monoisotopic (exact) mass is 380 g/mol. The number of nitrogens with zero attached hydrogens (tertiary/aromatic N) is 1. The van der Waals surface area contributed by atoms with E-state index in [1.807, 2.05) is 20.8 Å². The average Bonchev–Trinajstić information content (AvgIpc) is 3.09. The number of benzene rings is 1. The van der Waals surface area contributed by atoms with Crippen LogP contribution in [0.15, 0.2) is 24.3 Å². The second-order valence-corrected chi connectivity index (χ2v) is 7.54. The number of thioether (sulfide) groups is 1. The lowest BCUT2D eigenvalue weighted by Crippen LogP contribution is -2.50. The molecule has 0 spiro atoms. The number of hydrogen-bond donors (Lipinski definition) is 2. The smallest absolute Gasteiger partial charge is 0.341 e. The number of rotatable bonds is 7. The van der Waals surface area contributed by atoms with Crippen LogP contribution in [0.2, 0.25) is 0 Å². The number of carboxylic acids is 1. The summed E-state index contributed by atoms with van der Waals surface area (Å²) in [7, 11) is 0. The molecule has 0 aliphatic carbocycles. The standard InChI is InChI=1S/C18H24N2O5S/c1-11(2)12(3)19-17(23)15-9-26-10-20(15)18(24)13-5-4-6-14(7-13)25-8-16(21)22/h4-7,11-12,15H,8-10H2,1-3H3,(H,19,23)(H,21,22). The van der Waals surface area contributed by atoms with Crippen molar-refractivity contribution < 1.29 is 24.2 Å². The predicted octanol–water partition coefficient (Wildman–Crippen LogP) is 1.83.